The fraction of sp³-hybridized carbons (Fsp3) is 1.00. The zero-order chi connectivity index (χ0) is 10.4. The summed E-state index contributed by atoms with van der Waals surface area (Å²) in [6, 6.07) is 0.632. The lowest BCUT2D eigenvalue weighted by molar-refractivity contribution is 0.110. The summed E-state index contributed by atoms with van der Waals surface area (Å²) >= 11 is 2.02. The van der Waals surface area contributed by atoms with Gasteiger partial charge in [-0.15, -0.1) is 0 Å². The van der Waals surface area contributed by atoms with E-state index in [9.17, 15) is 5.11 Å². The van der Waals surface area contributed by atoms with Gasteiger partial charge in [0.2, 0.25) is 0 Å². The summed E-state index contributed by atoms with van der Waals surface area (Å²) in [7, 11) is 0. The molecule has 2 nitrogen and oxygen atoms in total. The molecule has 1 aliphatic rings. The van der Waals surface area contributed by atoms with Crippen molar-refractivity contribution >= 4 is 11.8 Å². The molecule has 2 N–H and O–H groups in total. The second-order valence-electron chi connectivity index (χ2n) is 4.28. The van der Waals surface area contributed by atoms with E-state index in [0.29, 0.717) is 12.0 Å². The first kappa shape index (κ1) is 12.3. The number of rotatable bonds is 5. The van der Waals surface area contributed by atoms with Gasteiger partial charge in [-0.2, -0.15) is 11.8 Å². The van der Waals surface area contributed by atoms with Crippen LogP contribution in [0, 0.1) is 5.92 Å². The van der Waals surface area contributed by atoms with Gasteiger partial charge < -0.3 is 10.4 Å². The van der Waals surface area contributed by atoms with Crippen molar-refractivity contribution in [2.75, 3.05) is 18.1 Å². The van der Waals surface area contributed by atoms with E-state index < -0.39 is 0 Å². The fourth-order valence-corrected chi connectivity index (χ4v) is 2.77. The minimum Gasteiger partial charge on any atom is -0.392 e. The van der Waals surface area contributed by atoms with Crippen LogP contribution in [0.25, 0.3) is 0 Å². The normalized spacial score (nSPS) is 27.2. The number of hydrogen-bond donors (Lipinski definition) is 2. The molecule has 3 heteroatoms. The molecule has 0 aromatic heterocycles. The third-order valence-electron chi connectivity index (χ3n) is 3.08. The van der Waals surface area contributed by atoms with E-state index in [2.05, 4.69) is 19.2 Å². The molecular formula is C11H23NOS. The molecule has 0 aromatic carbocycles. The number of aliphatic hydroxyl groups excluding tert-OH is 1. The van der Waals surface area contributed by atoms with Crippen LogP contribution in [0.4, 0.5) is 0 Å². The minimum atomic E-state index is -0.174. The highest BCUT2D eigenvalue weighted by Crippen LogP contribution is 2.17. The molecule has 14 heavy (non-hydrogen) atoms. The van der Waals surface area contributed by atoms with Crippen LogP contribution in [0.5, 0.6) is 0 Å². The largest absolute Gasteiger partial charge is 0.392 e. The lowest BCUT2D eigenvalue weighted by atomic mass is 10.0. The van der Waals surface area contributed by atoms with Crippen LogP contribution in [-0.2, 0) is 0 Å². The molecule has 1 aliphatic heterocycles. The van der Waals surface area contributed by atoms with Crippen molar-refractivity contribution in [1.29, 1.82) is 0 Å². The molecule has 1 fully saturated rings. The van der Waals surface area contributed by atoms with Crippen molar-refractivity contribution in [3.05, 3.63) is 0 Å². The Kier molecular flexibility index (Phi) is 5.90. The predicted octanol–water partition coefficient (Wildman–Crippen LogP) is 1.88. The van der Waals surface area contributed by atoms with Gasteiger partial charge in [-0.3, -0.25) is 0 Å². The highest BCUT2D eigenvalue weighted by Gasteiger charge is 2.16. The summed E-state index contributed by atoms with van der Waals surface area (Å²) in [5, 5.41) is 13.2. The standard InChI is InChI=1S/C11H23NOS/c1-3-9(2)11(13)7-12-10-5-4-6-14-8-10/h9-13H,3-8H2,1-2H3. The molecule has 84 valence electrons. The summed E-state index contributed by atoms with van der Waals surface area (Å²) in [6.45, 7) is 5.01. The molecule has 3 atom stereocenters. The van der Waals surface area contributed by atoms with Crippen LogP contribution >= 0.6 is 11.8 Å². The Morgan fingerprint density at radius 1 is 1.57 bits per heavy atom. The Morgan fingerprint density at radius 3 is 2.93 bits per heavy atom. The lowest BCUT2D eigenvalue weighted by Crippen LogP contribution is -2.40. The fourth-order valence-electron chi connectivity index (χ4n) is 1.66. The Labute approximate surface area is 91.9 Å². The van der Waals surface area contributed by atoms with E-state index in [1.54, 1.807) is 0 Å². The highest BCUT2D eigenvalue weighted by atomic mass is 32.2. The average Bonchev–Trinajstić information content (AvgIpc) is 2.26. The number of aliphatic hydroxyl groups is 1. The van der Waals surface area contributed by atoms with Crippen LogP contribution in [0.3, 0.4) is 0 Å². The zero-order valence-corrected chi connectivity index (χ0v) is 10.1. The maximum Gasteiger partial charge on any atom is 0.0690 e. The Hall–Kier alpha value is 0.270. The van der Waals surface area contributed by atoms with E-state index in [4.69, 9.17) is 0 Å². The van der Waals surface area contributed by atoms with E-state index in [1.807, 2.05) is 11.8 Å². The molecule has 0 aromatic rings. The zero-order valence-electron chi connectivity index (χ0n) is 9.33. The van der Waals surface area contributed by atoms with Gasteiger partial charge in [0.15, 0.2) is 0 Å². The smallest absolute Gasteiger partial charge is 0.0690 e. The summed E-state index contributed by atoms with van der Waals surface area (Å²) in [5.74, 6) is 2.94. The second kappa shape index (κ2) is 6.70. The summed E-state index contributed by atoms with van der Waals surface area (Å²) in [6.07, 6.45) is 3.48. The minimum absolute atomic E-state index is 0.174. The SMILES string of the molecule is CCC(C)C(O)CNC1CCCSC1. The predicted molar refractivity (Wildman–Crippen MR) is 63.8 cm³/mol. The van der Waals surface area contributed by atoms with Gasteiger partial charge in [0.1, 0.15) is 0 Å². The average molecular weight is 217 g/mol. The first-order chi connectivity index (χ1) is 6.74. The number of hydrogen-bond acceptors (Lipinski definition) is 3. The van der Waals surface area contributed by atoms with E-state index in [1.165, 1.54) is 24.3 Å². The maximum absolute atomic E-state index is 9.78. The molecule has 0 bridgehead atoms. The first-order valence-corrected chi connectivity index (χ1v) is 6.88. The van der Waals surface area contributed by atoms with Crippen molar-refractivity contribution in [2.45, 2.75) is 45.3 Å². The maximum atomic E-state index is 9.78. The third kappa shape index (κ3) is 4.20. The van der Waals surface area contributed by atoms with Crippen LogP contribution < -0.4 is 5.32 Å². The van der Waals surface area contributed by atoms with Gasteiger partial charge in [-0.05, 0) is 24.5 Å². The van der Waals surface area contributed by atoms with E-state index >= 15 is 0 Å². The molecule has 0 aliphatic carbocycles. The Morgan fingerprint density at radius 2 is 2.36 bits per heavy atom. The first-order valence-electron chi connectivity index (χ1n) is 5.73. The summed E-state index contributed by atoms with van der Waals surface area (Å²) in [4.78, 5) is 0. The molecular weight excluding hydrogens is 194 g/mol. The van der Waals surface area contributed by atoms with Crippen molar-refractivity contribution in [2.24, 2.45) is 5.92 Å². The van der Waals surface area contributed by atoms with Gasteiger partial charge in [-0.1, -0.05) is 20.3 Å². The Bertz CT molecular complexity index is 146. The topological polar surface area (TPSA) is 32.3 Å². The van der Waals surface area contributed by atoms with Crippen molar-refractivity contribution in [3.8, 4) is 0 Å². The van der Waals surface area contributed by atoms with Gasteiger partial charge in [0.25, 0.3) is 0 Å². The molecule has 1 heterocycles. The van der Waals surface area contributed by atoms with Crippen LogP contribution in [0.1, 0.15) is 33.1 Å². The molecule has 0 saturated carbocycles. The quantitative estimate of drug-likeness (QED) is 0.737. The lowest BCUT2D eigenvalue weighted by Gasteiger charge is -2.25. The Balaban J connectivity index is 2.12. The molecule has 1 rings (SSSR count). The monoisotopic (exact) mass is 217 g/mol. The molecule has 0 radical (unpaired) electrons. The molecule has 0 spiro atoms. The summed E-state index contributed by atoms with van der Waals surface area (Å²) < 4.78 is 0. The van der Waals surface area contributed by atoms with Crippen LogP contribution in [0.15, 0.2) is 0 Å². The molecule has 3 unspecified atom stereocenters. The highest BCUT2D eigenvalue weighted by molar-refractivity contribution is 7.99. The van der Waals surface area contributed by atoms with E-state index in [0.717, 1.165) is 13.0 Å². The van der Waals surface area contributed by atoms with Crippen LogP contribution in [0.2, 0.25) is 0 Å². The second-order valence-corrected chi connectivity index (χ2v) is 5.43. The van der Waals surface area contributed by atoms with Crippen molar-refractivity contribution in [1.82, 2.24) is 5.32 Å². The van der Waals surface area contributed by atoms with E-state index in [-0.39, 0.29) is 6.10 Å². The van der Waals surface area contributed by atoms with Gasteiger partial charge >= 0.3 is 0 Å². The van der Waals surface area contributed by atoms with Gasteiger partial charge in [0, 0.05) is 18.3 Å². The van der Waals surface area contributed by atoms with Gasteiger partial charge in [0.05, 0.1) is 6.10 Å². The summed E-state index contributed by atoms with van der Waals surface area (Å²) in [5.41, 5.74) is 0. The van der Waals surface area contributed by atoms with Gasteiger partial charge in [-0.25, -0.2) is 0 Å². The molecule has 0 amide bonds. The third-order valence-corrected chi connectivity index (χ3v) is 4.29. The van der Waals surface area contributed by atoms with Crippen molar-refractivity contribution < 1.29 is 5.11 Å². The number of thioether (sulfide) groups is 1. The van der Waals surface area contributed by atoms with Crippen molar-refractivity contribution in [3.63, 3.8) is 0 Å². The molecule has 1 saturated heterocycles. The number of nitrogens with one attached hydrogen (secondary N) is 1. The van der Waals surface area contributed by atoms with Crippen LogP contribution in [-0.4, -0.2) is 35.3 Å².